The van der Waals surface area contributed by atoms with Gasteiger partial charge in [-0.05, 0) is 39.0 Å². The molecule has 0 spiro atoms. The van der Waals surface area contributed by atoms with Crippen molar-refractivity contribution in [3.8, 4) is 0 Å². The summed E-state index contributed by atoms with van der Waals surface area (Å²) in [6.45, 7) is 2.14. The van der Waals surface area contributed by atoms with Crippen molar-refractivity contribution in [3.63, 3.8) is 0 Å². The van der Waals surface area contributed by atoms with E-state index in [1.165, 1.54) is 37.7 Å². The third kappa shape index (κ3) is 8.59. The molecule has 0 amide bonds. The number of hydrogen-bond donors (Lipinski definition) is 0. The largest absolute Gasteiger partial charge is 0.0882 e. The molecule has 0 saturated heterocycles. The molecular formula is C14H20Ir. The van der Waals surface area contributed by atoms with Gasteiger partial charge in [0.2, 0.25) is 0 Å². The van der Waals surface area contributed by atoms with Gasteiger partial charge >= 0.3 is 0 Å². The molecule has 0 unspecified atom stereocenters. The Morgan fingerprint density at radius 3 is 1.47 bits per heavy atom. The fourth-order valence-electron chi connectivity index (χ4n) is 1.41. The minimum absolute atomic E-state index is 0. The molecule has 0 N–H and O–H groups in total. The molecule has 0 heterocycles. The van der Waals surface area contributed by atoms with Gasteiger partial charge in [-0.25, -0.2) is 0 Å². The minimum Gasteiger partial charge on any atom is -0.0882 e. The Morgan fingerprint density at radius 2 is 1.27 bits per heavy atom. The molecule has 0 aromatic heterocycles. The first-order chi connectivity index (χ1) is 6.89. The van der Waals surface area contributed by atoms with Gasteiger partial charge in [0.15, 0.2) is 0 Å². The van der Waals surface area contributed by atoms with Crippen LogP contribution in [0.1, 0.15) is 39.0 Å². The maximum Gasteiger partial charge on any atom is 0 e. The quantitative estimate of drug-likeness (QED) is 0.540. The molecule has 0 saturated carbocycles. The second-order valence-corrected chi connectivity index (χ2v) is 3.74. The van der Waals surface area contributed by atoms with E-state index in [1.807, 2.05) is 0 Å². The van der Waals surface area contributed by atoms with Crippen molar-refractivity contribution in [1.82, 2.24) is 0 Å². The summed E-state index contributed by atoms with van der Waals surface area (Å²) < 4.78 is 0. The van der Waals surface area contributed by atoms with Crippen molar-refractivity contribution < 1.29 is 20.1 Å². The van der Waals surface area contributed by atoms with Crippen LogP contribution in [0.3, 0.4) is 0 Å². The third-order valence-electron chi connectivity index (χ3n) is 2.29. The van der Waals surface area contributed by atoms with E-state index in [0.29, 0.717) is 0 Å². The molecule has 85 valence electrons. The fourth-order valence-corrected chi connectivity index (χ4v) is 1.41. The molecule has 2 aliphatic carbocycles. The zero-order valence-corrected chi connectivity index (χ0v) is 11.8. The SMILES string of the molecule is C1=CCC/C=C\CC1.CC1=CC=CC1.[Ir]. The molecule has 2 aliphatic rings. The number of rotatable bonds is 0. The summed E-state index contributed by atoms with van der Waals surface area (Å²) in [7, 11) is 0. The molecule has 0 fully saturated rings. The molecule has 0 aliphatic heterocycles. The Balaban J connectivity index is 0.000000253. The molecule has 15 heavy (non-hydrogen) atoms. The average Bonchev–Trinajstić information content (AvgIpc) is 2.55. The van der Waals surface area contributed by atoms with Crippen molar-refractivity contribution in [2.45, 2.75) is 39.0 Å². The Hall–Kier alpha value is -0.391. The predicted octanol–water partition coefficient (Wildman–Crippen LogP) is 4.56. The van der Waals surface area contributed by atoms with Crippen molar-refractivity contribution >= 4 is 0 Å². The van der Waals surface area contributed by atoms with Gasteiger partial charge < -0.3 is 0 Å². The molecule has 0 atom stereocenters. The average molecular weight is 381 g/mol. The maximum atomic E-state index is 2.27. The maximum absolute atomic E-state index is 2.27. The first kappa shape index (κ1) is 14.6. The van der Waals surface area contributed by atoms with E-state index < -0.39 is 0 Å². The van der Waals surface area contributed by atoms with Crippen LogP contribution in [-0.4, -0.2) is 0 Å². The molecule has 0 aromatic carbocycles. The van der Waals surface area contributed by atoms with Crippen LogP contribution in [-0.2, 0) is 20.1 Å². The molecule has 0 nitrogen and oxygen atoms in total. The van der Waals surface area contributed by atoms with E-state index in [-0.39, 0.29) is 20.1 Å². The first-order valence-electron chi connectivity index (χ1n) is 5.52. The first-order valence-corrected chi connectivity index (χ1v) is 5.52. The normalized spacial score (nSPS) is 20.2. The fraction of sp³-hybridized carbons (Fsp3) is 0.429. The van der Waals surface area contributed by atoms with Gasteiger partial charge in [-0.2, -0.15) is 0 Å². The van der Waals surface area contributed by atoms with E-state index in [9.17, 15) is 0 Å². The summed E-state index contributed by atoms with van der Waals surface area (Å²) >= 11 is 0. The van der Waals surface area contributed by atoms with Crippen LogP contribution in [0.2, 0.25) is 0 Å². The number of hydrogen-bond acceptors (Lipinski definition) is 0. The summed E-state index contributed by atoms with van der Waals surface area (Å²) in [6, 6.07) is 0. The zero-order valence-electron chi connectivity index (χ0n) is 9.41. The van der Waals surface area contributed by atoms with E-state index in [1.54, 1.807) is 0 Å². The molecule has 2 rings (SSSR count). The van der Waals surface area contributed by atoms with Gasteiger partial charge in [-0.3, -0.25) is 0 Å². The molecule has 1 radical (unpaired) electrons. The van der Waals surface area contributed by atoms with E-state index in [2.05, 4.69) is 49.5 Å². The minimum atomic E-state index is 0. The Kier molecular flexibility index (Phi) is 9.87. The molecular weight excluding hydrogens is 360 g/mol. The van der Waals surface area contributed by atoms with Crippen molar-refractivity contribution in [3.05, 3.63) is 48.1 Å². The predicted molar refractivity (Wildman–Crippen MR) is 64.3 cm³/mol. The summed E-state index contributed by atoms with van der Waals surface area (Å²) in [5, 5.41) is 0. The second kappa shape index (κ2) is 10.1. The van der Waals surface area contributed by atoms with Crippen LogP contribution >= 0.6 is 0 Å². The van der Waals surface area contributed by atoms with E-state index in [0.717, 1.165) is 0 Å². The van der Waals surface area contributed by atoms with Crippen LogP contribution in [0.25, 0.3) is 0 Å². The standard InChI is InChI=1S/C8H12.C6H8.Ir/c1-2-4-6-8-7-5-3-1;1-6-4-2-3-5-6;/h1-2,7-8H,3-6H2;2-4H,5H2,1H3;/b2-1-,8-7?;;. The Bertz CT molecular complexity index is 231. The van der Waals surface area contributed by atoms with Gasteiger partial charge in [0.05, 0.1) is 0 Å². The van der Waals surface area contributed by atoms with Gasteiger partial charge in [-0.1, -0.05) is 48.1 Å². The monoisotopic (exact) mass is 381 g/mol. The topological polar surface area (TPSA) is 0 Å². The van der Waals surface area contributed by atoms with E-state index in [4.69, 9.17) is 0 Å². The summed E-state index contributed by atoms with van der Waals surface area (Å²) in [4.78, 5) is 0. The summed E-state index contributed by atoms with van der Waals surface area (Å²) in [5.41, 5.74) is 1.47. The van der Waals surface area contributed by atoms with Crippen LogP contribution < -0.4 is 0 Å². The second-order valence-electron chi connectivity index (χ2n) is 3.74. The Labute approximate surface area is 107 Å². The van der Waals surface area contributed by atoms with Crippen LogP contribution in [0.5, 0.6) is 0 Å². The van der Waals surface area contributed by atoms with E-state index >= 15 is 0 Å². The Morgan fingerprint density at radius 1 is 0.800 bits per heavy atom. The van der Waals surface area contributed by atoms with Crippen molar-refractivity contribution in [2.75, 3.05) is 0 Å². The molecule has 1 heteroatoms. The third-order valence-corrected chi connectivity index (χ3v) is 2.29. The van der Waals surface area contributed by atoms with Gasteiger partial charge in [0.1, 0.15) is 0 Å². The van der Waals surface area contributed by atoms with Crippen molar-refractivity contribution in [1.29, 1.82) is 0 Å². The molecule has 0 bridgehead atoms. The van der Waals surface area contributed by atoms with Crippen LogP contribution in [0.4, 0.5) is 0 Å². The summed E-state index contributed by atoms with van der Waals surface area (Å²) in [6.07, 6.45) is 21.6. The molecule has 0 aromatic rings. The van der Waals surface area contributed by atoms with Gasteiger partial charge in [-0.15, -0.1) is 0 Å². The summed E-state index contributed by atoms with van der Waals surface area (Å²) in [5.74, 6) is 0. The smallest absolute Gasteiger partial charge is 0 e. The zero-order chi connectivity index (χ0) is 10.1. The number of allylic oxidation sites excluding steroid dienone is 8. The van der Waals surface area contributed by atoms with Crippen LogP contribution in [0, 0.1) is 0 Å². The van der Waals surface area contributed by atoms with Gasteiger partial charge in [0, 0.05) is 20.1 Å². The van der Waals surface area contributed by atoms with Crippen LogP contribution in [0.15, 0.2) is 48.1 Å². The van der Waals surface area contributed by atoms with Gasteiger partial charge in [0.25, 0.3) is 0 Å². The van der Waals surface area contributed by atoms with Crippen molar-refractivity contribution in [2.24, 2.45) is 0 Å².